The highest BCUT2D eigenvalue weighted by atomic mass is 31.2. The highest BCUT2D eigenvalue weighted by Gasteiger charge is 2.28. The molecule has 0 amide bonds. The van der Waals surface area contributed by atoms with Gasteiger partial charge in [0.15, 0.2) is 6.10 Å². The van der Waals surface area contributed by atoms with E-state index >= 15 is 0 Å². The standard InChI is InChI=1S/C53H94O14P2/c1-4-6-7-8-9-10-11-18-22-25-28-31-35-40-49(54)41-36-33-38-43-53(57)67-51(47-66-69(61,62)65-45-50(55)44-64-68(58,59)60)46-63-52(56)42-37-32-29-26-23-20-17-15-13-12-14-16-19-21-24-27-30-34-39-48(3)5-2/h6-7,9-10,18,22,28,31,33,35-36,40,48-51,54-55H,4-5,8,11-17,19-21,23-27,29-30,32,34,37-39,41-47H2,1-3H3,(H,61,62)(H2,58,59,60)/b7-6-,10-9-,22-18-,31-28-,36-33-,40-35-/t48?,49?,50-,51+/m0/s1. The summed E-state index contributed by atoms with van der Waals surface area (Å²) in [7, 11) is -9.75. The predicted octanol–water partition coefficient (Wildman–Crippen LogP) is 13.3. The van der Waals surface area contributed by atoms with Gasteiger partial charge < -0.3 is 34.4 Å². The van der Waals surface area contributed by atoms with Gasteiger partial charge in [-0.3, -0.25) is 23.2 Å². The van der Waals surface area contributed by atoms with Crippen molar-refractivity contribution >= 4 is 27.6 Å². The number of carbonyl (C=O) groups is 2. The van der Waals surface area contributed by atoms with Gasteiger partial charge in [-0.1, -0.05) is 216 Å². The molecule has 0 saturated carbocycles. The van der Waals surface area contributed by atoms with E-state index in [0.717, 1.165) is 50.9 Å². The predicted molar refractivity (Wildman–Crippen MR) is 277 cm³/mol. The van der Waals surface area contributed by atoms with Crippen molar-refractivity contribution in [1.82, 2.24) is 0 Å². The van der Waals surface area contributed by atoms with Crippen LogP contribution in [0.4, 0.5) is 0 Å². The minimum Gasteiger partial charge on any atom is -0.462 e. The van der Waals surface area contributed by atoms with Gasteiger partial charge in [-0.15, -0.1) is 0 Å². The van der Waals surface area contributed by atoms with E-state index in [9.17, 15) is 33.8 Å². The first-order valence-electron chi connectivity index (χ1n) is 26.1. The van der Waals surface area contributed by atoms with E-state index in [1.807, 2.05) is 12.2 Å². The highest BCUT2D eigenvalue weighted by molar-refractivity contribution is 7.47. The second kappa shape index (κ2) is 46.6. The van der Waals surface area contributed by atoms with Crippen LogP contribution in [0.5, 0.6) is 0 Å². The van der Waals surface area contributed by atoms with Crippen molar-refractivity contribution in [2.24, 2.45) is 5.92 Å². The average molecular weight is 1020 g/mol. The maximum atomic E-state index is 12.7. The number of phosphoric acid groups is 2. The number of aliphatic hydroxyl groups excluding tert-OH is 2. The van der Waals surface area contributed by atoms with E-state index in [1.54, 1.807) is 24.3 Å². The summed E-state index contributed by atoms with van der Waals surface area (Å²) in [6.45, 7) is 3.86. The third kappa shape index (κ3) is 50.3. The number of ether oxygens (including phenoxy) is 2. The van der Waals surface area contributed by atoms with Gasteiger partial charge in [-0.25, -0.2) is 9.13 Å². The summed E-state index contributed by atoms with van der Waals surface area (Å²) in [5.41, 5.74) is 0. The molecule has 0 radical (unpaired) electrons. The van der Waals surface area contributed by atoms with E-state index in [2.05, 4.69) is 66.3 Å². The Morgan fingerprint density at radius 1 is 0.536 bits per heavy atom. The summed E-state index contributed by atoms with van der Waals surface area (Å²) in [6, 6.07) is 0. The van der Waals surface area contributed by atoms with Crippen molar-refractivity contribution < 1.29 is 66.7 Å². The van der Waals surface area contributed by atoms with Crippen molar-refractivity contribution in [2.45, 2.75) is 219 Å². The van der Waals surface area contributed by atoms with Gasteiger partial charge in [0.1, 0.15) is 12.7 Å². The lowest BCUT2D eigenvalue weighted by Crippen LogP contribution is -2.29. The van der Waals surface area contributed by atoms with Gasteiger partial charge in [0.2, 0.25) is 0 Å². The highest BCUT2D eigenvalue weighted by Crippen LogP contribution is 2.44. The first-order valence-corrected chi connectivity index (χ1v) is 29.2. The first kappa shape index (κ1) is 66.5. The molecule has 0 aromatic heterocycles. The number of hydrogen-bond acceptors (Lipinski definition) is 11. The minimum atomic E-state index is -4.89. The zero-order valence-corrected chi connectivity index (χ0v) is 44.5. The molecule has 0 saturated heterocycles. The zero-order chi connectivity index (χ0) is 51.1. The normalized spacial score (nSPS) is 15.3. The third-order valence-corrected chi connectivity index (χ3v) is 12.7. The second-order valence-corrected chi connectivity index (χ2v) is 20.6. The summed E-state index contributed by atoms with van der Waals surface area (Å²) in [6.07, 6.45) is 49.2. The first-order chi connectivity index (χ1) is 33.2. The molecule has 0 fully saturated rings. The monoisotopic (exact) mass is 1020 g/mol. The topological polar surface area (TPSA) is 216 Å². The molecule has 0 aliphatic rings. The van der Waals surface area contributed by atoms with Gasteiger partial charge in [-0.05, 0) is 50.9 Å². The van der Waals surface area contributed by atoms with Crippen LogP contribution in [0.15, 0.2) is 72.9 Å². The van der Waals surface area contributed by atoms with E-state index in [1.165, 1.54) is 103 Å². The van der Waals surface area contributed by atoms with Crippen LogP contribution in [-0.4, -0.2) is 81.6 Å². The van der Waals surface area contributed by atoms with Crippen LogP contribution in [0.3, 0.4) is 0 Å². The van der Waals surface area contributed by atoms with Crippen LogP contribution < -0.4 is 0 Å². The molecule has 0 bridgehead atoms. The molecule has 0 aliphatic carbocycles. The molecule has 14 nitrogen and oxygen atoms in total. The van der Waals surface area contributed by atoms with Crippen molar-refractivity contribution in [3.8, 4) is 0 Å². The minimum absolute atomic E-state index is 0.0765. The summed E-state index contributed by atoms with van der Waals surface area (Å²) < 4.78 is 47.8. The SMILES string of the molecule is CC/C=C\C/C=C\C/C=C\C/C=C\C=C/C(O)C/C=C\CCC(=O)O[C@H](COC(=O)CCCCCCCCCCCCCCCCCCCCC(C)CC)COP(=O)(O)OC[C@@H](O)COP(=O)(O)O. The fraction of sp³-hybridized carbons (Fsp3) is 0.736. The Morgan fingerprint density at radius 3 is 1.57 bits per heavy atom. The van der Waals surface area contributed by atoms with Gasteiger partial charge in [0, 0.05) is 12.8 Å². The smallest absolute Gasteiger partial charge is 0.462 e. The molecule has 0 aromatic carbocycles. The molecule has 3 unspecified atom stereocenters. The molecule has 16 heteroatoms. The molecule has 5 N–H and O–H groups in total. The number of phosphoric ester groups is 2. The number of rotatable bonds is 48. The van der Waals surface area contributed by atoms with E-state index in [-0.39, 0.29) is 19.3 Å². The van der Waals surface area contributed by atoms with Crippen LogP contribution in [0, 0.1) is 5.92 Å². The number of unbranched alkanes of at least 4 members (excludes halogenated alkanes) is 17. The molecule has 69 heavy (non-hydrogen) atoms. The van der Waals surface area contributed by atoms with Crippen LogP contribution in [-0.2, 0) is 41.8 Å². The van der Waals surface area contributed by atoms with Crippen LogP contribution in [0.2, 0.25) is 0 Å². The van der Waals surface area contributed by atoms with Crippen molar-refractivity contribution in [3.05, 3.63) is 72.9 Å². The van der Waals surface area contributed by atoms with E-state index in [0.29, 0.717) is 12.8 Å². The quantitative estimate of drug-likeness (QED) is 0.0126. The maximum Gasteiger partial charge on any atom is 0.472 e. The lowest BCUT2D eigenvalue weighted by molar-refractivity contribution is -0.161. The molecular formula is C53H94O14P2. The molecule has 0 rings (SSSR count). The number of aliphatic hydroxyl groups is 2. The number of hydrogen-bond donors (Lipinski definition) is 5. The largest absolute Gasteiger partial charge is 0.472 e. The Kier molecular flexibility index (Phi) is 44.9. The Bertz CT molecular complexity index is 1520. The number of esters is 2. The summed E-state index contributed by atoms with van der Waals surface area (Å²) in [4.78, 5) is 52.9. The summed E-state index contributed by atoms with van der Waals surface area (Å²) >= 11 is 0. The van der Waals surface area contributed by atoms with Crippen molar-refractivity contribution in [2.75, 3.05) is 26.4 Å². The van der Waals surface area contributed by atoms with Crippen molar-refractivity contribution in [1.29, 1.82) is 0 Å². The van der Waals surface area contributed by atoms with Crippen LogP contribution in [0.25, 0.3) is 0 Å². The maximum absolute atomic E-state index is 12.7. The summed E-state index contributed by atoms with van der Waals surface area (Å²) in [5.74, 6) is -0.331. The average Bonchev–Trinajstić information content (AvgIpc) is 3.31. The van der Waals surface area contributed by atoms with E-state index < -0.39 is 72.3 Å². The molecule has 5 atom stereocenters. The summed E-state index contributed by atoms with van der Waals surface area (Å²) in [5, 5.41) is 20.0. The number of carbonyl (C=O) groups excluding carboxylic acids is 2. The Hall–Kier alpha value is -2.48. The van der Waals surface area contributed by atoms with Gasteiger partial charge in [0.25, 0.3) is 0 Å². The Balaban J connectivity index is 4.55. The van der Waals surface area contributed by atoms with E-state index in [4.69, 9.17) is 23.8 Å². The van der Waals surface area contributed by atoms with Crippen molar-refractivity contribution in [3.63, 3.8) is 0 Å². The van der Waals surface area contributed by atoms with Gasteiger partial charge in [0.05, 0.1) is 25.9 Å². The molecule has 0 spiro atoms. The Labute approximate surface area is 417 Å². The fourth-order valence-corrected chi connectivity index (χ4v) is 8.06. The lowest BCUT2D eigenvalue weighted by atomic mass is 9.99. The molecule has 0 heterocycles. The molecule has 400 valence electrons. The van der Waals surface area contributed by atoms with Gasteiger partial charge >= 0.3 is 27.6 Å². The fourth-order valence-electron chi connectivity index (χ4n) is 6.91. The Morgan fingerprint density at radius 2 is 1.03 bits per heavy atom. The zero-order valence-electron chi connectivity index (χ0n) is 42.7. The van der Waals surface area contributed by atoms with Crippen LogP contribution >= 0.6 is 15.6 Å². The molecule has 0 aliphatic heterocycles. The van der Waals surface area contributed by atoms with Gasteiger partial charge in [-0.2, -0.15) is 0 Å². The van der Waals surface area contributed by atoms with Crippen LogP contribution in [0.1, 0.15) is 201 Å². The lowest BCUT2D eigenvalue weighted by Gasteiger charge is -2.20. The second-order valence-electron chi connectivity index (χ2n) is 17.9. The molecular weight excluding hydrogens is 923 g/mol. The molecule has 0 aromatic rings. The third-order valence-electron chi connectivity index (χ3n) is 11.2. The number of allylic oxidation sites excluding steroid dienone is 10.